The van der Waals surface area contributed by atoms with Crippen LogP contribution < -0.4 is 0 Å². The van der Waals surface area contributed by atoms with E-state index in [1.807, 2.05) is 0 Å². The van der Waals surface area contributed by atoms with Crippen molar-refractivity contribution in [2.75, 3.05) is 20.3 Å². The van der Waals surface area contributed by atoms with Crippen LogP contribution in [0.5, 0.6) is 0 Å². The summed E-state index contributed by atoms with van der Waals surface area (Å²) in [5, 5.41) is 8.87. The van der Waals surface area contributed by atoms with E-state index in [9.17, 15) is 4.79 Å². The summed E-state index contributed by atoms with van der Waals surface area (Å²) in [7, 11) is 1.74. The molecule has 0 amide bonds. The largest absolute Gasteiger partial charge is 0.481 e. The molecule has 0 radical (unpaired) electrons. The normalized spacial score (nSPS) is 32.9. The van der Waals surface area contributed by atoms with E-state index in [4.69, 9.17) is 9.84 Å². The maximum Gasteiger partial charge on any atom is 0.303 e. The van der Waals surface area contributed by atoms with E-state index < -0.39 is 5.97 Å². The van der Waals surface area contributed by atoms with E-state index in [1.54, 1.807) is 7.11 Å². The zero-order valence-electron chi connectivity index (χ0n) is 10.6. The number of carbonyl (C=O) groups is 1. The van der Waals surface area contributed by atoms with Gasteiger partial charge in [-0.3, -0.25) is 9.69 Å². The predicted molar refractivity (Wildman–Crippen MR) is 65.0 cm³/mol. The van der Waals surface area contributed by atoms with Crippen LogP contribution in [0.25, 0.3) is 0 Å². The van der Waals surface area contributed by atoms with E-state index in [0.29, 0.717) is 24.4 Å². The lowest BCUT2D eigenvalue weighted by Gasteiger charge is -2.38. The molecule has 2 fully saturated rings. The molecule has 1 N–H and O–H groups in total. The second-order valence-corrected chi connectivity index (χ2v) is 5.40. The summed E-state index contributed by atoms with van der Waals surface area (Å²) in [6.07, 6.45) is 6.12. The lowest BCUT2D eigenvalue weighted by Crippen LogP contribution is -2.43. The predicted octanol–water partition coefficient (Wildman–Crippen LogP) is 1.74. The van der Waals surface area contributed by atoms with Crippen molar-refractivity contribution >= 4 is 5.97 Å². The summed E-state index contributed by atoms with van der Waals surface area (Å²) in [4.78, 5) is 13.4. The standard InChI is InChI=1S/C13H23NO3/c1-17-6-2-5-14-11-3-4-12(14)8-10(7-11)9-13(15)16/h10-12H,2-9H2,1H3,(H,15,16). The Balaban J connectivity index is 1.82. The molecular weight excluding hydrogens is 218 g/mol. The molecule has 2 unspecified atom stereocenters. The summed E-state index contributed by atoms with van der Waals surface area (Å²) in [6, 6.07) is 1.27. The van der Waals surface area contributed by atoms with E-state index in [2.05, 4.69) is 4.90 Å². The van der Waals surface area contributed by atoms with E-state index >= 15 is 0 Å². The Bertz CT molecular complexity index is 255. The van der Waals surface area contributed by atoms with Gasteiger partial charge in [-0.1, -0.05) is 0 Å². The molecule has 98 valence electrons. The van der Waals surface area contributed by atoms with Crippen LogP contribution in [0.1, 0.15) is 38.5 Å². The number of ether oxygens (including phenoxy) is 1. The van der Waals surface area contributed by atoms with Gasteiger partial charge in [-0.05, 0) is 38.0 Å². The van der Waals surface area contributed by atoms with Crippen molar-refractivity contribution in [3.8, 4) is 0 Å². The number of nitrogens with zero attached hydrogens (tertiary/aromatic N) is 1. The molecule has 2 aliphatic rings. The van der Waals surface area contributed by atoms with Crippen molar-refractivity contribution in [1.29, 1.82) is 0 Å². The Morgan fingerprint density at radius 2 is 2.00 bits per heavy atom. The van der Waals surface area contributed by atoms with Crippen LogP contribution >= 0.6 is 0 Å². The van der Waals surface area contributed by atoms with Gasteiger partial charge < -0.3 is 9.84 Å². The number of methoxy groups -OCH3 is 1. The number of fused-ring (bicyclic) bond motifs is 2. The van der Waals surface area contributed by atoms with Crippen LogP contribution in [0.4, 0.5) is 0 Å². The number of carboxylic acid groups (broad SMARTS) is 1. The second kappa shape index (κ2) is 5.83. The molecule has 2 saturated heterocycles. The topological polar surface area (TPSA) is 49.8 Å². The van der Waals surface area contributed by atoms with Gasteiger partial charge in [-0.25, -0.2) is 0 Å². The van der Waals surface area contributed by atoms with Gasteiger partial charge in [0, 0.05) is 38.8 Å². The highest BCUT2D eigenvalue weighted by Gasteiger charge is 2.40. The van der Waals surface area contributed by atoms with Gasteiger partial charge in [-0.2, -0.15) is 0 Å². The van der Waals surface area contributed by atoms with Crippen LogP contribution in [0.2, 0.25) is 0 Å². The molecule has 2 aliphatic heterocycles. The molecule has 0 aromatic carbocycles. The number of hydrogen-bond acceptors (Lipinski definition) is 3. The van der Waals surface area contributed by atoms with Crippen molar-refractivity contribution < 1.29 is 14.6 Å². The minimum atomic E-state index is -0.637. The maximum atomic E-state index is 10.8. The van der Waals surface area contributed by atoms with Crippen molar-refractivity contribution in [3.05, 3.63) is 0 Å². The zero-order valence-corrected chi connectivity index (χ0v) is 10.6. The molecule has 2 atom stereocenters. The number of aliphatic carboxylic acids is 1. The van der Waals surface area contributed by atoms with Gasteiger partial charge in [0.25, 0.3) is 0 Å². The summed E-state index contributed by atoms with van der Waals surface area (Å²) in [5.41, 5.74) is 0. The van der Waals surface area contributed by atoms with Crippen LogP contribution in [0.15, 0.2) is 0 Å². The highest BCUT2D eigenvalue weighted by atomic mass is 16.5. The van der Waals surface area contributed by atoms with Crippen LogP contribution in [-0.2, 0) is 9.53 Å². The highest BCUT2D eigenvalue weighted by Crippen LogP contribution is 2.39. The fourth-order valence-corrected chi connectivity index (χ4v) is 3.56. The average Bonchev–Trinajstić information content (AvgIpc) is 2.51. The number of hydrogen-bond donors (Lipinski definition) is 1. The molecule has 0 aromatic heterocycles. The third-order valence-electron chi connectivity index (χ3n) is 4.21. The fourth-order valence-electron chi connectivity index (χ4n) is 3.56. The first-order valence-electron chi connectivity index (χ1n) is 6.67. The van der Waals surface area contributed by atoms with Crippen molar-refractivity contribution in [2.45, 2.75) is 50.6 Å². The van der Waals surface area contributed by atoms with Crippen molar-refractivity contribution in [1.82, 2.24) is 4.90 Å². The molecule has 2 bridgehead atoms. The summed E-state index contributed by atoms with van der Waals surface area (Å²) >= 11 is 0. The third kappa shape index (κ3) is 3.19. The highest BCUT2D eigenvalue weighted by molar-refractivity contribution is 5.67. The molecular formula is C13H23NO3. The first-order valence-corrected chi connectivity index (χ1v) is 6.67. The Kier molecular flexibility index (Phi) is 4.40. The van der Waals surface area contributed by atoms with Gasteiger partial charge in [0.15, 0.2) is 0 Å². The van der Waals surface area contributed by atoms with Crippen LogP contribution in [0.3, 0.4) is 0 Å². The Morgan fingerprint density at radius 1 is 1.35 bits per heavy atom. The van der Waals surface area contributed by atoms with E-state index in [0.717, 1.165) is 32.4 Å². The molecule has 0 spiro atoms. The van der Waals surface area contributed by atoms with Crippen LogP contribution in [0, 0.1) is 5.92 Å². The zero-order chi connectivity index (χ0) is 12.3. The van der Waals surface area contributed by atoms with Gasteiger partial charge in [0.1, 0.15) is 0 Å². The monoisotopic (exact) mass is 241 g/mol. The molecule has 17 heavy (non-hydrogen) atoms. The third-order valence-corrected chi connectivity index (χ3v) is 4.21. The number of piperidine rings is 1. The Morgan fingerprint density at radius 3 is 2.53 bits per heavy atom. The first-order chi connectivity index (χ1) is 8.20. The molecule has 4 heteroatoms. The Labute approximate surface area is 103 Å². The second-order valence-electron chi connectivity index (χ2n) is 5.40. The van der Waals surface area contributed by atoms with E-state index in [1.165, 1.54) is 12.8 Å². The molecule has 0 aromatic rings. The SMILES string of the molecule is COCCCN1C2CCC1CC(CC(=O)O)C2. The van der Waals surface area contributed by atoms with Gasteiger partial charge >= 0.3 is 5.97 Å². The number of carboxylic acids is 1. The first kappa shape index (κ1) is 12.8. The molecule has 4 nitrogen and oxygen atoms in total. The lowest BCUT2D eigenvalue weighted by atomic mass is 9.88. The number of rotatable bonds is 6. The molecule has 2 rings (SSSR count). The summed E-state index contributed by atoms with van der Waals surface area (Å²) in [5.74, 6) is -0.231. The van der Waals surface area contributed by atoms with Gasteiger partial charge in [0.2, 0.25) is 0 Å². The smallest absolute Gasteiger partial charge is 0.303 e. The van der Waals surface area contributed by atoms with Gasteiger partial charge in [0.05, 0.1) is 0 Å². The van der Waals surface area contributed by atoms with Crippen molar-refractivity contribution in [2.24, 2.45) is 5.92 Å². The lowest BCUT2D eigenvalue weighted by molar-refractivity contribution is -0.138. The quantitative estimate of drug-likeness (QED) is 0.720. The molecule has 0 saturated carbocycles. The van der Waals surface area contributed by atoms with E-state index in [-0.39, 0.29) is 0 Å². The summed E-state index contributed by atoms with van der Waals surface area (Å²) < 4.78 is 5.09. The molecule has 2 heterocycles. The minimum absolute atomic E-state index is 0.360. The van der Waals surface area contributed by atoms with Crippen molar-refractivity contribution in [3.63, 3.8) is 0 Å². The van der Waals surface area contributed by atoms with Crippen LogP contribution in [-0.4, -0.2) is 48.3 Å². The summed E-state index contributed by atoms with van der Waals surface area (Å²) in [6.45, 7) is 1.94. The fraction of sp³-hybridized carbons (Fsp3) is 0.923. The molecule has 0 aliphatic carbocycles. The minimum Gasteiger partial charge on any atom is -0.481 e. The average molecular weight is 241 g/mol. The Hall–Kier alpha value is -0.610. The maximum absolute atomic E-state index is 10.8. The van der Waals surface area contributed by atoms with Gasteiger partial charge in [-0.15, -0.1) is 0 Å².